The fourth-order valence-corrected chi connectivity index (χ4v) is 5.62. The number of piperazine rings is 1. The number of benzene rings is 2. The molecule has 2 aromatic carbocycles. The lowest BCUT2D eigenvalue weighted by Crippen LogP contribution is -2.49. The molecule has 4 aromatic rings. The van der Waals surface area contributed by atoms with Crippen molar-refractivity contribution in [2.24, 2.45) is 0 Å². The second-order valence-corrected chi connectivity index (χ2v) is 10.5. The van der Waals surface area contributed by atoms with Crippen LogP contribution in [-0.2, 0) is 19.5 Å². The summed E-state index contributed by atoms with van der Waals surface area (Å²) in [5, 5.41) is 15.5. The van der Waals surface area contributed by atoms with Crippen LogP contribution in [0, 0.1) is 18.3 Å². The lowest BCUT2D eigenvalue weighted by Gasteiger charge is -2.35. The molecule has 0 aliphatic carbocycles. The second-order valence-electron chi connectivity index (χ2n) is 10.5. The summed E-state index contributed by atoms with van der Waals surface area (Å²) >= 11 is 0. The quantitative estimate of drug-likeness (QED) is 0.365. The number of pyridine rings is 1. The van der Waals surface area contributed by atoms with E-state index in [0.29, 0.717) is 55.2 Å². The minimum absolute atomic E-state index is 0.0154. The SMILES string of the molecule is Cc1c(N2Cc3cccc(CCOc4cccc(C(=O)N5CCN(c6ccc(C#N)cn6)CC5)c4)c3C2)cn[nH]c1=O. The van der Waals surface area contributed by atoms with Crippen LogP contribution >= 0.6 is 0 Å². The van der Waals surface area contributed by atoms with Crippen molar-refractivity contribution in [2.75, 3.05) is 42.6 Å². The molecule has 1 N–H and O–H groups in total. The molecule has 0 radical (unpaired) electrons. The summed E-state index contributed by atoms with van der Waals surface area (Å²) in [5.41, 5.74) is 6.22. The van der Waals surface area contributed by atoms with Gasteiger partial charge in [0.15, 0.2) is 0 Å². The number of aromatic nitrogens is 3. The molecule has 10 heteroatoms. The monoisotopic (exact) mass is 561 g/mol. The van der Waals surface area contributed by atoms with E-state index >= 15 is 0 Å². The van der Waals surface area contributed by atoms with Gasteiger partial charge in [-0.3, -0.25) is 9.59 Å². The first-order valence-electron chi connectivity index (χ1n) is 14.0. The van der Waals surface area contributed by atoms with Crippen LogP contribution in [0.3, 0.4) is 0 Å². The molecule has 0 atom stereocenters. The summed E-state index contributed by atoms with van der Waals surface area (Å²) in [6.45, 7) is 6.29. The van der Waals surface area contributed by atoms with Crippen molar-refractivity contribution < 1.29 is 9.53 Å². The Labute approximate surface area is 243 Å². The van der Waals surface area contributed by atoms with Gasteiger partial charge < -0.3 is 19.4 Å². The molecule has 42 heavy (non-hydrogen) atoms. The molecule has 1 fully saturated rings. The number of anilines is 2. The molecular weight excluding hydrogens is 530 g/mol. The third kappa shape index (κ3) is 5.54. The number of nitrogens with one attached hydrogen (secondary N) is 1. The maximum absolute atomic E-state index is 13.3. The Kier molecular flexibility index (Phi) is 7.56. The van der Waals surface area contributed by atoms with E-state index in [1.807, 2.05) is 42.2 Å². The van der Waals surface area contributed by atoms with Crippen LogP contribution in [0.25, 0.3) is 0 Å². The van der Waals surface area contributed by atoms with E-state index in [1.54, 1.807) is 18.5 Å². The molecule has 0 bridgehead atoms. The van der Waals surface area contributed by atoms with Gasteiger partial charge >= 0.3 is 0 Å². The van der Waals surface area contributed by atoms with Gasteiger partial charge in [0.25, 0.3) is 11.5 Å². The van der Waals surface area contributed by atoms with Crippen molar-refractivity contribution in [3.05, 3.63) is 111 Å². The smallest absolute Gasteiger partial charge is 0.269 e. The molecule has 0 unspecified atom stereocenters. The third-order valence-corrected chi connectivity index (χ3v) is 7.99. The Morgan fingerprint density at radius 1 is 1.02 bits per heavy atom. The van der Waals surface area contributed by atoms with Crippen LogP contribution in [0.5, 0.6) is 5.75 Å². The summed E-state index contributed by atoms with van der Waals surface area (Å²) in [4.78, 5) is 35.9. The van der Waals surface area contributed by atoms with Gasteiger partial charge in [0.05, 0.1) is 24.1 Å². The molecule has 1 amide bonds. The number of amides is 1. The molecule has 10 nitrogen and oxygen atoms in total. The van der Waals surface area contributed by atoms with Gasteiger partial charge in [-0.25, -0.2) is 10.1 Å². The Bertz CT molecular complexity index is 1700. The van der Waals surface area contributed by atoms with Gasteiger partial charge in [-0.1, -0.05) is 24.3 Å². The van der Waals surface area contributed by atoms with E-state index in [2.05, 4.69) is 49.2 Å². The van der Waals surface area contributed by atoms with Gasteiger partial charge in [-0.2, -0.15) is 10.4 Å². The second kappa shape index (κ2) is 11.7. The van der Waals surface area contributed by atoms with Crippen molar-refractivity contribution in [1.29, 1.82) is 5.26 Å². The van der Waals surface area contributed by atoms with E-state index in [0.717, 1.165) is 31.0 Å². The topological polar surface area (TPSA) is 118 Å². The maximum Gasteiger partial charge on any atom is 0.269 e. The first kappa shape index (κ1) is 27.0. The number of nitrogens with zero attached hydrogens (tertiary/aromatic N) is 6. The van der Waals surface area contributed by atoms with Crippen LogP contribution in [-0.4, -0.2) is 58.8 Å². The lowest BCUT2D eigenvalue weighted by atomic mass is 10.0. The number of ether oxygens (including phenoxy) is 1. The molecule has 4 heterocycles. The average molecular weight is 562 g/mol. The molecule has 0 saturated carbocycles. The van der Waals surface area contributed by atoms with E-state index in [4.69, 9.17) is 10.00 Å². The van der Waals surface area contributed by atoms with Crippen molar-refractivity contribution in [2.45, 2.75) is 26.4 Å². The van der Waals surface area contributed by atoms with Crippen LogP contribution < -0.4 is 20.1 Å². The number of H-pyrrole nitrogens is 1. The number of fused-ring (bicyclic) bond motifs is 1. The van der Waals surface area contributed by atoms with Gasteiger partial charge in [0.1, 0.15) is 17.6 Å². The van der Waals surface area contributed by atoms with E-state index in [-0.39, 0.29) is 11.5 Å². The molecular formula is C32H31N7O3. The largest absolute Gasteiger partial charge is 0.493 e. The summed E-state index contributed by atoms with van der Waals surface area (Å²) in [6.07, 6.45) is 4.02. The minimum atomic E-state index is -0.166. The summed E-state index contributed by atoms with van der Waals surface area (Å²) in [7, 11) is 0. The third-order valence-electron chi connectivity index (χ3n) is 7.99. The van der Waals surface area contributed by atoms with E-state index < -0.39 is 0 Å². The predicted molar refractivity (Wildman–Crippen MR) is 159 cm³/mol. The molecule has 2 aromatic heterocycles. The lowest BCUT2D eigenvalue weighted by molar-refractivity contribution is 0.0746. The highest BCUT2D eigenvalue weighted by molar-refractivity contribution is 5.94. The number of carbonyl (C=O) groups is 1. The number of hydrogen-bond donors (Lipinski definition) is 1. The highest BCUT2D eigenvalue weighted by Crippen LogP contribution is 2.31. The van der Waals surface area contributed by atoms with Crippen LogP contribution in [0.2, 0.25) is 0 Å². The standard InChI is InChI=1S/C32H31N7O3/c1-22-29(19-35-36-31(22)40)39-20-26-6-2-4-24(28(26)21-39)10-15-42-27-7-3-5-25(16-27)32(41)38-13-11-37(12-14-38)30-9-8-23(17-33)18-34-30/h2-9,16,18-19H,10-15,20-21H2,1H3,(H,36,40). The van der Waals surface area contributed by atoms with E-state index in [1.165, 1.54) is 16.7 Å². The minimum Gasteiger partial charge on any atom is -0.493 e. The Morgan fingerprint density at radius 2 is 1.86 bits per heavy atom. The number of nitriles is 1. The number of carbonyl (C=O) groups excluding carboxylic acids is 1. The molecule has 2 aliphatic rings. The van der Waals surface area contributed by atoms with Crippen LogP contribution in [0.15, 0.2) is 71.8 Å². The van der Waals surface area contributed by atoms with Crippen LogP contribution in [0.4, 0.5) is 11.5 Å². The summed E-state index contributed by atoms with van der Waals surface area (Å²) < 4.78 is 6.11. The zero-order valence-electron chi connectivity index (χ0n) is 23.4. The number of aromatic amines is 1. The van der Waals surface area contributed by atoms with E-state index in [9.17, 15) is 9.59 Å². The van der Waals surface area contributed by atoms with Crippen molar-refractivity contribution in [3.8, 4) is 11.8 Å². The highest BCUT2D eigenvalue weighted by Gasteiger charge is 2.25. The zero-order valence-corrected chi connectivity index (χ0v) is 23.4. The summed E-state index contributed by atoms with van der Waals surface area (Å²) in [6, 6.07) is 19.4. The maximum atomic E-state index is 13.3. The van der Waals surface area contributed by atoms with Crippen molar-refractivity contribution in [1.82, 2.24) is 20.1 Å². The molecule has 2 aliphatic heterocycles. The van der Waals surface area contributed by atoms with Crippen molar-refractivity contribution >= 4 is 17.4 Å². The fourth-order valence-electron chi connectivity index (χ4n) is 5.62. The van der Waals surface area contributed by atoms with Crippen LogP contribution in [0.1, 0.15) is 38.2 Å². The Morgan fingerprint density at radius 3 is 2.64 bits per heavy atom. The number of rotatable bonds is 7. The highest BCUT2D eigenvalue weighted by atomic mass is 16.5. The zero-order chi connectivity index (χ0) is 29.1. The fraction of sp³-hybridized carbons (Fsp3) is 0.281. The van der Waals surface area contributed by atoms with Gasteiger partial charge in [-0.15, -0.1) is 0 Å². The van der Waals surface area contributed by atoms with Gasteiger partial charge in [-0.05, 0) is 53.9 Å². The normalized spacial score (nSPS) is 14.4. The average Bonchev–Trinajstić information content (AvgIpc) is 3.47. The number of hydrogen-bond acceptors (Lipinski definition) is 8. The molecule has 0 spiro atoms. The molecule has 212 valence electrons. The van der Waals surface area contributed by atoms with Gasteiger partial charge in [0.2, 0.25) is 0 Å². The Balaban J connectivity index is 1.04. The predicted octanol–water partition coefficient (Wildman–Crippen LogP) is 3.45. The summed E-state index contributed by atoms with van der Waals surface area (Å²) in [5.74, 6) is 1.47. The molecule has 1 saturated heterocycles. The first-order chi connectivity index (χ1) is 20.5. The Hall–Kier alpha value is -5.17. The molecule has 6 rings (SSSR count). The first-order valence-corrected chi connectivity index (χ1v) is 14.0. The van der Waals surface area contributed by atoms with Crippen molar-refractivity contribution in [3.63, 3.8) is 0 Å². The van der Waals surface area contributed by atoms with Gasteiger partial charge in [0, 0.05) is 63.0 Å².